The van der Waals surface area contributed by atoms with Gasteiger partial charge in [0.2, 0.25) is 0 Å². The zero-order chi connectivity index (χ0) is 13.0. The number of ether oxygens (including phenoxy) is 1. The lowest BCUT2D eigenvalue weighted by Crippen LogP contribution is -1.96. The van der Waals surface area contributed by atoms with Gasteiger partial charge in [-0.15, -0.1) is 0 Å². The lowest BCUT2D eigenvalue weighted by atomic mass is 10.3. The van der Waals surface area contributed by atoms with E-state index in [2.05, 4.69) is 6.92 Å². The Morgan fingerprint density at radius 3 is 2.67 bits per heavy atom. The highest BCUT2D eigenvalue weighted by Gasteiger charge is 1.89. The second-order valence-electron chi connectivity index (χ2n) is 2.51. The summed E-state index contributed by atoms with van der Waals surface area (Å²) < 4.78 is 42.9. The van der Waals surface area contributed by atoms with Gasteiger partial charge in [-0.25, -0.2) is 0 Å². The minimum Gasteiger partial charge on any atom is -0.494 e. The van der Waals surface area contributed by atoms with Crippen LogP contribution in [-0.4, -0.2) is 6.61 Å². The molecule has 1 nitrogen and oxygen atoms in total. The van der Waals surface area contributed by atoms with Crippen molar-refractivity contribution in [2.24, 2.45) is 0 Å². The number of hydrogen-bond acceptors (Lipinski definition) is 1. The molecular weight excluding hydrogens is 148 g/mol. The van der Waals surface area contributed by atoms with Crippen LogP contribution in [-0.2, 0) is 0 Å². The van der Waals surface area contributed by atoms with E-state index in [-0.39, 0.29) is 36.0 Å². The molecule has 1 heteroatoms. The molecule has 0 aliphatic carbocycles. The van der Waals surface area contributed by atoms with Crippen molar-refractivity contribution in [1.29, 1.82) is 0 Å². The Morgan fingerprint density at radius 2 is 2.00 bits per heavy atom. The Morgan fingerprint density at radius 1 is 1.25 bits per heavy atom. The molecule has 0 radical (unpaired) electrons. The van der Waals surface area contributed by atoms with Crippen molar-refractivity contribution >= 4 is 0 Å². The first-order valence-electron chi connectivity index (χ1n) is 6.70. The SMILES string of the molecule is [2H]c1c([2H])c([2H])c(OCCCCC)c([2H])c1[2H]. The van der Waals surface area contributed by atoms with Crippen molar-refractivity contribution in [3.05, 3.63) is 30.2 Å². The quantitative estimate of drug-likeness (QED) is 0.615. The van der Waals surface area contributed by atoms with Gasteiger partial charge in [-0.05, 0) is 18.5 Å². The normalized spacial score (nSPS) is 15.6. The number of benzene rings is 1. The third-order valence-electron chi connectivity index (χ3n) is 1.47. The summed E-state index contributed by atoms with van der Waals surface area (Å²) in [6, 6.07) is -1.63. The summed E-state index contributed by atoms with van der Waals surface area (Å²) in [6.07, 6.45) is 2.86. The highest BCUT2D eigenvalue weighted by Crippen LogP contribution is 2.08. The number of para-hydroxylation sites is 1. The van der Waals surface area contributed by atoms with Gasteiger partial charge in [-0.1, -0.05) is 37.9 Å². The first-order chi connectivity index (χ1) is 8.00. The zero-order valence-corrected chi connectivity index (χ0v) is 7.24. The van der Waals surface area contributed by atoms with Crippen LogP contribution in [0.5, 0.6) is 5.75 Å². The van der Waals surface area contributed by atoms with E-state index < -0.39 is 0 Å². The largest absolute Gasteiger partial charge is 0.494 e. The Kier molecular flexibility index (Phi) is 2.03. The van der Waals surface area contributed by atoms with Crippen molar-refractivity contribution in [1.82, 2.24) is 0 Å². The topological polar surface area (TPSA) is 9.23 Å². The van der Waals surface area contributed by atoms with E-state index in [1.54, 1.807) is 0 Å². The van der Waals surface area contributed by atoms with E-state index in [1.165, 1.54) is 0 Å². The molecule has 12 heavy (non-hydrogen) atoms. The highest BCUT2D eigenvalue weighted by atomic mass is 16.5. The van der Waals surface area contributed by atoms with Crippen LogP contribution in [0.15, 0.2) is 30.2 Å². The molecule has 66 valence electrons. The predicted molar refractivity (Wildman–Crippen MR) is 51.5 cm³/mol. The van der Waals surface area contributed by atoms with E-state index in [0.717, 1.165) is 19.3 Å². The smallest absolute Gasteiger partial charge is 0.119 e. The van der Waals surface area contributed by atoms with Crippen LogP contribution < -0.4 is 4.74 Å². The zero-order valence-electron chi connectivity index (χ0n) is 12.2. The standard InChI is InChI=1S/C11H16O/c1-2-3-7-10-12-11-8-5-4-6-9-11/h4-6,8-9H,2-3,7,10H2,1H3/i4D,5D,6D,8D,9D. The molecule has 0 fully saturated rings. The van der Waals surface area contributed by atoms with Crippen molar-refractivity contribution in [2.75, 3.05) is 6.61 Å². The van der Waals surface area contributed by atoms with E-state index in [0.29, 0.717) is 6.61 Å². The Labute approximate surface area is 81.4 Å². The Hall–Kier alpha value is -0.980. The third kappa shape index (κ3) is 3.42. The summed E-state index contributed by atoms with van der Waals surface area (Å²) in [7, 11) is 0. The molecule has 1 aromatic carbocycles. The second-order valence-corrected chi connectivity index (χ2v) is 2.51. The summed E-state index contributed by atoms with van der Waals surface area (Å²) in [4.78, 5) is 0. The summed E-state index contributed by atoms with van der Waals surface area (Å²) >= 11 is 0. The molecule has 0 N–H and O–H groups in total. The molecule has 1 rings (SSSR count). The molecule has 0 heterocycles. The lowest BCUT2D eigenvalue weighted by Gasteiger charge is -2.04. The fourth-order valence-electron chi connectivity index (χ4n) is 0.837. The number of rotatable bonds is 5. The fraction of sp³-hybridized carbons (Fsp3) is 0.455. The van der Waals surface area contributed by atoms with Crippen LogP contribution >= 0.6 is 0 Å². The monoisotopic (exact) mass is 169 g/mol. The molecule has 0 aliphatic heterocycles. The van der Waals surface area contributed by atoms with Crippen LogP contribution in [0, 0.1) is 0 Å². The molecule has 0 atom stereocenters. The van der Waals surface area contributed by atoms with E-state index in [1.807, 2.05) is 0 Å². The van der Waals surface area contributed by atoms with Crippen molar-refractivity contribution in [3.63, 3.8) is 0 Å². The molecule has 0 aromatic heterocycles. The minimum absolute atomic E-state index is 0.0490. The maximum absolute atomic E-state index is 7.62. The summed E-state index contributed by atoms with van der Waals surface area (Å²) in [5.74, 6) is -0.0490. The van der Waals surface area contributed by atoms with Crippen LogP contribution in [0.25, 0.3) is 0 Å². The Bertz CT molecular complexity index is 376. The molecule has 0 spiro atoms. The average Bonchev–Trinajstić information content (AvgIpc) is 2.33. The first-order valence-corrected chi connectivity index (χ1v) is 4.20. The van der Waals surface area contributed by atoms with Gasteiger partial charge in [0.05, 0.1) is 13.5 Å². The maximum Gasteiger partial charge on any atom is 0.119 e. The van der Waals surface area contributed by atoms with Gasteiger partial charge in [0.1, 0.15) is 5.75 Å². The van der Waals surface area contributed by atoms with Crippen LogP contribution in [0.3, 0.4) is 0 Å². The second kappa shape index (κ2) is 5.64. The molecule has 0 saturated heterocycles. The van der Waals surface area contributed by atoms with Gasteiger partial charge in [0.15, 0.2) is 0 Å². The molecule has 0 amide bonds. The molecule has 0 unspecified atom stereocenters. The maximum atomic E-state index is 7.62. The number of unbranched alkanes of at least 4 members (excludes halogenated alkanes) is 2. The van der Waals surface area contributed by atoms with Crippen molar-refractivity contribution < 1.29 is 11.6 Å². The van der Waals surface area contributed by atoms with Crippen LogP contribution in [0.1, 0.15) is 33.0 Å². The molecule has 1 aromatic rings. The molecular formula is C11H16O. The number of hydrogen-bond donors (Lipinski definition) is 0. The summed E-state index contributed by atoms with van der Waals surface area (Å²) in [6.45, 7) is 2.44. The lowest BCUT2D eigenvalue weighted by molar-refractivity contribution is 0.306. The average molecular weight is 169 g/mol. The van der Waals surface area contributed by atoms with E-state index in [4.69, 9.17) is 11.6 Å². The summed E-state index contributed by atoms with van der Waals surface area (Å²) in [5.41, 5.74) is 0. The van der Waals surface area contributed by atoms with Crippen molar-refractivity contribution in [3.8, 4) is 5.75 Å². The van der Waals surface area contributed by atoms with Crippen LogP contribution in [0.4, 0.5) is 0 Å². The van der Waals surface area contributed by atoms with Gasteiger partial charge in [0, 0.05) is 0 Å². The Balaban J connectivity index is 2.92. The summed E-state index contributed by atoms with van der Waals surface area (Å²) in [5, 5.41) is 0. The fourth-order valence-corrected chi connectivity index (χ4v) is 0.837. The van der Waals surface area contributed by atoms with Gasteiger partial charge in [-0.3, -0.25) is 0 Å². The van der Waals surface area contributed by atoms with Gasteiger partial charge in [0.25, 0.3) is 0 Å². The van der Waals surface area contributed by atoms with E-state index >= 15 is 0 Å². The van der Waals surface area contributed by atoms with Gasteiger partial charge < -0.3 is 4.74 Å². The minimum atomic E-state index is -0.388. The van der Waals surface area contributed by atoms with Gasteiger partial charge >= 0.3 is 0 Å². The third-order valence-corrected chi connectivity index (χ3v) is 1.47. The highest BCUT2D eigenvalue weighted by molar-refractivity contribution is 5.20. The molecule has 0 saturated carbocycles. The first kappa shape index (κ1) is 4.31. The van der Waals surface area contributed by atoms with E-state index in [9.17, 15) is 0 Å². The molecule has 0 aliphatic rings. The van der Waals surface area contributed by atoms with Crippen LogP contribution in [0.2, 0.25) is 0 Å². The van der Waals surface area contributed by atoms with Crippen molar-refractivity contribution in [2.45, 2.75) is 26.2 Å². The predicted octanol–water partition coefficient (Wildman–Crippen LogP) is 3.26. The van der Waals surface area contributed by atoms with Gasteiger partial charge in [-0.2, -0.15) is 0 Å². The molecule has 0 bridgehead atoms.